The molecule has 0 aliphatic heterocycles. The maximum atomic E-state index is 14.1. The van der Waals surface area contributed by atoms with Gasteiger partial charge in [-0.25, -0.2) is 4.39 Å². The van der Waals surface area contributed by atoms with Gasteiger partial charge in [-0.15, -0.1) is 0 Å². The molecule has 2 aromatic rings. The molecule has 4 heteroatoms. The van der Waals surface area contributed by atoms with Gasteiger partial charge in [0.2, 0.25) is 0 Å². The molecule has 1 atom stereocenters. The molecule has 0 amide bonds. The van der Waals surface area contributed by atoms with E-state index in [4.69, 9.17) is 5.73 Å². The van der Waals surface area contributed by atoms with E-state index in [0.717, 1.165) is 15.7 Å². The van der Waals surface area contributed by atoms with Gasteiger partial charge >= 0.3 is 0 Å². The third-order valence-electron chi connectivity index (χ3n) is 3.23. The molecule has 0 heterocycles. The summed E-state index contributed by atoms with van der Waals surface area (Å²) < 4.78 is 15.0. The summed E-state index contributed by atoms with van der Waals surface area (Å²) in [5, 5.41) is 0. The number of halogens is 2. The van der Waals surface area contributed by atoms with Crippen LogP contribution in [0.1, 0.15) is 25.5 Å². The maximum absolute atomic E-state index is 14.1. The standard InChI is InChI=1S/C16H18BrFN2/c1-3-20(15-7-5-4-6-14(15)18)16-10-12(17)8-9-13(16)11(2)19/h4-11H,3,19H2,1-2H3. The molecule has 0 aliphatic carbocycles. The zero-order valence-corrected chi connectivity index (χ0v) is 13.2. The van der Waals surface area contributed by atoms with Crippen molar-refractivity contribution in [3.8, 4) is 0 Å². The van der Waals surface area contributed by atoms with Crippen LogP contribution in [0.4, 0.5) is 15.8 Å². The lowest BCUT2D eigenvalue weighted by molar-refractivity contribution is 0.625. The minimum absolute atomic E-state index is 0.112. The molecule has 2 N–H and O–H groups in total. The van der Waals surface area contributed by atoms with Crippen LogP contribution in [0.2, 0.25) is 0 Å². The van der Waals surface area contributed by atoms with Crippen LogP contribution in [0.25, 0.3) is 0 Å². The Morgan fingerprint density at radius 3 is 2.50 bits per heavy atom. The smallest absolute Gasteiger partial charge is 0.146 e. The van der Waals surface area contributed by atoms with E-state index >= 15 is 0 Å². The number of benzene rings is 2. The van der Waals surface area contributed by atoms with E-state index in [-0.39, 0.29) is 11.9 Å². The number of rotatable bonds is 4. The molecule has 20 heavy (non-hydrogen) atoms. The third-order valence-corrected chi connectivity index (χ3v) is 3.73. The molecule has 2 nitrogen and oxygen atoms in total. The van der Waals surface area contributed by atoms with Crippen molar-refractivity contribution in [2.75, 3.05) is 11.4 Å². The van der Waals surface area contributed by atoms with E-state index in [9.17, 15) is 4.39 Å². The molecule has 0 saturated carbocycles. The van der Waals surface area contributed by atoms with E-state index in [2.05, 4.69) is 15.9 Å². The van der Waals surface area contributed by atoms with E-state index in [1.807, 2.05) is 43.0 Å². The highest BCUT2D eigenvalue weighted by molar-refractivity contribution is 9.10. The second-order valence-electron chi connectivity index (χ2n) is 4.69. The Morgan fingerprint density at radius 2 is 1.90 bits per heavy atom. The Bertz CT molecular complexity index is 599. The average molecular weight is 337 g/mol. The largest absolute Gasteiger partial charge is 0.339 e. The molecule has 106 valence electrons. The van der Waals surface area contributed by atoms with Crippen LogP contribution in [0.3, 0.4) is 0 Å². The van der Waals surface area contributed by atoms with Crippen molar-refractivity contribution in [2.45, 2.75) is 19.9 Å². The topological polar surface area (TPSA) is 29.3 Å². The highest BCUT2D eigenvalue weighted by atomic mass is 79.9. The normalized spacial score (nSPS) is 12.2. The summed E-state index contributed by atoms with van der Waals surface area (Å²) in [6, 6.07) is 12.6. The number of nitrogens with two attached hydrogens (primary N) is 1. The Morgan fingerprint density at radius 1 is 1.20 bits per heavy atom. The molecule has 2 aromatic carbocycles. The van der Waals surface area contributed by atoms with Crippen molar-refractivity contribution < 1.29 is 4.39 Å². The fourth-order valence-corrected chi connectivity index (χ4v) is 2.63. The first kappa shape index (κ1) is 15.0. The highest BCUT2D eigenvalue weighted by Gasteiger charge is 2.17. The van der Waals surface area contributed by atoms with Gasteiger partial charge < -0.3 is 10.6 Å². The molecular formula is C16H18BrFN2. The van der Waals surface area contributed by atoms with E-state index in [0.29, 0.717) is 12.2 Å². The molecule has 0 aromatic heterocycles. The SMILES string of the molecule is CCN(c1ccccc1F)c1cc(Br)ccc1C(C)N. The average Bonchev–Trinajstić information content (AvgIpc) is 2.41. The highest BCUT2D eigenvalue weighted by Crippen LogP contribution is 2.34. The van der Waals surface area contributed by atoms with E-state index in [1.165, 1.54) is 6.07 Å². The summed E-state index contributed by atoms with van der Waals surface area (Å²) in [4.78, 5) is 1.94. The van der Waals surface area contributed by atoms with E-state index < -0.39 is 0 Å². The Hall–Kier alpha value is -1.39. The van der Waals surface area contributed by atoms with Crippen LogP contribution >= 0.6 is 15.9 Å². The van der Waals surface area contributed by atoms with Crippen molar-refractivity contribution in [3.05, 3.63) is 58.3 Å². The van der Waals surface area contributed by atoms with Crippen LogP contribution in [-0.2, 0) is 0 Å². The molecule has 1 unspecified atom stereocenters. The molecule has 0 radical (unpaired) electrons. The van der Waals surface area contributed by atoms with Crippen molar-refractivity contribution in [3.63, 3.8) is 0 Å². The summed E-state index contributed by atoms with van der Waals surface area (Å²) in [6.07, 6.45) is 0. The summed E-state index contributed by atoms with van der Waals surface area (Å²) in [5.41, 5.74) is 8.53. The van der Waals surface area contributed by atoms with Crippen molar-refractivity contribution in [1.29, 1.82) is 0 Å². The van der Waals surface area contributed by atoms with Gasteiger partial charge in [-0.05, 0) is 43.7 Å². The number of nitrogens with zero attached hydrogens (tertiary/aromatic N) is 1. The van der Waals surface area contributed by atoms with Crippen LogP contribution < -0.4 is 10.6 Å². The van der Waals surface area contributed by atoms with Gasteiger partial charge in [0.05, 0.1) is 5.69 Å². The van der Waals surface area contributed by atoms with Crippen LogP contribution in [0.5, 0.6) is 0 Å². The lowest BCUT2D eigenvalue weighted by atomic mass is 10.1. The van der Waals surface area contributed by atoms with Gasteiger partial charge in [0.1, 0.15) is 5.82 Å². The lowest BCUT2D eigenvalue weighted by Gasteiger charge is -2.27. The first-order chi connectivity index (χ1) is 9.54. The predicted molar refractivity (Wildman–Crippen MR) is 85.8 cm³/mol. The van der Waals surface area contributed by atoms with Crippen LogP contribution in [0.15, 0.2) is 46.9 Å². The lowest BCUT2D eigenvalue weighted by Crippen LogP contribution is -2.21. The summed E-state index contributed by atoms with van der Waals surface area (Å²) >= 11 is 3.47. The summed E-state index contributed by atoms with van der Waals surface area (Å²) in [7, 11) is 0. The molecule has 0 spiro atoms. The summed E-state index contributed by atoms with van der Waals surface area (Å²) in [6.45, 7) is 4.59. The zero-order chi connectivity index (χ0) is 14.7. The van der Waals surface area contributed by atoms with Gasteiger partial charge in [-0.2, -0.15) is 0 Å². The Balaban J connectivity index is 2.57. The monoisotopic (exact) mass is 336 g/mol. The van der Waals surface area contributed by atoms with Gasteiger partial charge in [0, 0.05) is 22.7 Å². The van der Waals surface area contributed by atoms with Crippen molar-refractivity contribution in [1.82, 2.24) is 0 Å². The predicted octanol–water partition coefficient (Wildman–Crippen LogP) is 4.77. The maximum Gasteiger partial charge on any atom is 0.146 e. The Kier molecular flexibility index (Phi) is 4.78. The molecule has 0 saturated heterocycles. The molecule has 0 bridgehead atoms. The first-order valence-electron chi connectivity index (χ1n) is 6.61. The Labute approximate surface area is 127 Å². The summed E-state index contributed by atoms with van der Waals surface area (Å²) in [5.74, 6) is -0.232. The third kappa shape index (κ3) is 3.02. The molecular weight excluding hydrogens is 319 g/mol. The van der Waals surface area contributed by atoms with E-state index in [1.54, 1.807) is 12.1 Å². The number of hydrogen-bond acceptors (Lipinski definition) is 2. The second-order valence-corrected chi connectivity index (χ2v) is 5.60. The number of hydrogen-bond donors (Lipinski definition) is 1. The van der Waals surface area contributed by atoms with Gasteiger partial charge in [0.15, 0.2) is 0 Å². The second kappa shape index (κ2) is 6.37. The van der Waals surface area contributed by atoms with Crippen LogP contribution in [0, 0.1) is 5.82 Å². The first-order valence-corrected chi connectivity index (χ1v) is 7.41. The number of anilines is 2. The molecule has 2 rings (SSSR count). The van der Waals surface area contributed by atoms with Crippen LogP contribution in [-0.4, -0.2) is 6.54 Å². The quantitative estimate of drug-likeness (QED) is 0.871. The minimum Gasteiger partial charge on any atom is -0.339 e. The molecule has 0 aliphatic rings. The van der Waals surface area contributed by atoms with Gasteiger partial charge in [-0.1, -0.05) is 34.1 Å². The van der Waals surface area contributed by atoms with Crippen molar-refractivity contribution in [2.24, 2.45) is 5.73 Å². The zero-order valence-electron chi connectivity index (χ0n) is 11.6. The molecule has 0 fully saturated rings. The van der Waals surface area contributed by atoms with Gasteiger partial charge in [0.25, 0.3) is 0 Å². The number of para-hydroxylation sites is 1. The fraction of sp³-hybridized carbons (Fsp3) is 0.250. The minimum atomic E-state index is -0.232. The van der Waals surface area contributed by atoms with Crippen molar-refractivity contribution >= 4 is 27.3 Å². The fourth-order valence-electron chi connectivity index (χ4n) is 2.28. The van der Waals surface area contributed by atoms with Gasteiger partial charge in [-0.3, -0.25) is 0 Å².